The highest BCUT2D eigenvalue weighted by Crippen LogP contribution is 2.30. The van der Waals surface area contributed by atoms with E-state index < -0.39 is 0 Å². The Morgan fingerprint density at radius 2 is 1.70 bits per heavy atom. The lowest BCUT2D eigenvalue weighted by Crippen LogP contribution is -2.49. The van der Waals surface area contributed by atoms with Crippen LogP contribution in [0.4, 0.5) is 0 Å². The summed E-state index contributed by atoms with van der Waals surface area (Å²) in [4.78, 5) is 5.43. The second kappa shape index (κ2) is 7.24. The fourth-order valence-electron chi connectivity index (χ4n) is 3.94. The summed E-state index contributed by atoms with van der Waals surface area (Å²) >= 11 is 0. The summed E-state index contributed by atoms with van der Waals surface area (Å²) < 4.78 is 0. The number of rotatable bonds is 6. The number of likely N-dealkylation sites (N-methyl/N-ethyl adjacent to an activating group) is 1. The molecule has 3 heteroatoms. The number of nitrogens with zero attached hydrogens (tertiary/aromatic N) is 2. The number of likely N-dealkylation sites (tertiary alicyclic amines) is 1. The van der Waals surface area contributed by atoms with Crippen molar-refractivity contribution >= 4 is 0 Å². The van der Waals surface area contributed by atoms with Gasteiger partial charge in [-0.05, 0) is 44.7 Å². The van der Waals surface area contributed by atoms with Crippen LogP contribution in [0, 0.1) is 11.8 Å². The van der Waals surface area contributed by atoms with Crippen molar-refractivity contribution in [1.82, 2.24) is 15.1 Å². The second-order valence-electron chi connectivity index (χ2n) is 7.70. The van der Waals surface area contributed by atoms with Gasteiger partial charge < -0.3 is 5.32 Å². The third kappa shape index (κ3) is 3.96. The van der Waals surface area contributed by atoms with Crippen LogP contribution in [0.25, 0.3) is 0 Å². The first-order valence-corrected chi connectivity index (χ1v) is 8.65. The standard InChI is InChI=1S/C17H35N3/c1-13(2)10-18-11-17(14(3)4)20-9-8-15-6-7-16(12-20)19(15)5/h13-18H,6-12H2,1-5H3. The molecule has 0 saturated carbocycles. The zero-order valence-corrected chi connectivity index (χ0v) is 14.2. The van der Waals surface area contributed by atoms with E-state index in [0.29, 0.717) is 6.04 Å². The van der Waals surface area contributed by atoms with E-state index in [2.05, 4.69) is 49.9 Å². The first-order chi connectivity index (χ1) is 9.49. The van der Waals surface area contributed by atoms with Crippen LogP contribution in [0.15, 0.2) is 0 Å². The lowest BCUT2D eigenvalue weighted by atomic mass is 9.99. The largest absolute Gasteiger partial charge is 0.315 e. The van der Waals surface area contributed by atoms with Crippen LogP contribution >= 0.6 is 0 Å². The van der Waals surface area contributed by atoms with Crippen LogP contribution < -0.4 is 5.32 Å². The SMILES string of the molecule is CC(C)CNCC(C(C)C)N1CCC2CCC(C1)N2C. The zero-order valence-electron chi connectivity index (χ0n) is 14.2. The van der Waals surface area contributed by atoms with E-state index in [1.54, 1.807) is 0 Å². The predicted octanol–water partition coefficient (Wildman–Crippen LogP) is 2.43. The van der Waals surface area contributed by atoms with Crippen LogP contribution in [0.2, 0.25) is 0 Å². The van der Waals surface area contributed by atoms with E-state index in [0.717, 1.165) is 37.0 Å². The third-order valence-electron chi connectivity index (χ3n) is 5.32. The van der Waals surface area contributed by atoms with Crippen LogP contribution in [-0.4, -0.2) is 61.2 Å². The maximum Gasteiger partial charge on any atom is 0.0244 e. The Hall–Kier alpha value is -0.120. The van der Waals surface area contributed by atoms with Crippen molar-refractivity contribution in [2.75, 3.05) is 33.2 Å². The van der Waals surface area contributed by atoms with Crippen molar-refractivity contribution < 1.29 is 0 Å². The molecule has 0 radical (unpaired) electrons. The molecule has 118 valence electrons. The quantitative estimate of drug-likeness (QED) is 0.807. The van der Waals surface area contributed by atoms with Gasteiger partial charge in [-0.15, -0.1) is 0 Å². The van der Waals surface area contributed by atoms with Crippen molar-refractivity contribution in [2.45, 2.75) is 65.1 Å². The molecule has 20 heavy (non-hydrogen) atoms. The van der Waals surface area contributed by atoms with Gasteiger partial charge in [0.25, 0.3) is 0 Å². The van der Waals surface area contributed by atoms with Gasteiger partial charge in [0, 0.05) is 37.8 Å². The molecule has 3 atom stereocenters. The molecule has 2 heterocycles. The van der Waals surface area contributed by atoms with Crippen LogP contribution in [0.5, 0.6) is 0 Å². The van der Waals surface area contributed by atoms with Crippen molar-refractivity contribution in [3.05, 3.63) is 0 Å². The Morgan fingerprint density at radius 1 is 1.00 bits per heavy atom. The van der Waals surface area contributed by atoms with Crippen LogP contribution in [0.1, 0.15) is 47.0 Å². The molecule has 0 aromatic carbocycles. The molecule has 3 unspecified atom stereocenters. The molecule has 0 spiro atoms. The Balaban J connectivity index is 1.91. The Labute approximate surface area is 126 Å². The molecule has 2 bridgehead atoms. The molecule has 2 aliphatic rings. The summed E-state index contributed by atoms with van der Waals surface area (Å²) in [5.74, 6) is 1.48. The summed E-state index contributed by atoms with van der Waals surface area (Å²) in [7, 11) is 2.34. The van der Waals surface area contributed by atoms with E-state index >= 15 is 0 Å². The number of hydrogen-bond acceptors (Lipinski definition) is 3. The molecule has 0 aromatic rings. The number of nitrogens with one attached hydrogen (secondary N) is 1. The fraction of sp³-hybridized carbons (Fsp3) is 1.00. The van der Waals surface area contributed by atoms with Crippen molar-refractivity contribution in [1.29, 1.82) is 0 Å². The smallest absolute Gasteiger partial charge is 0.0244 e. The molecule has 0 amide bonds. The molecule has 2 fully saturated rings. The predicted molar refractivity (Wildman–Crippen MR) is 87.1 cm³/mol. The van der Waals surface area contributed by atoms with Gasteiger partial charge >= 0.3 is 0 Å². The number of fused-ring (bicyclic) bond motifs is 2. The van der Waals surface area contributed by atoms with E-state index in [-0.39, 0.29) is 0 Å². The summed E-state index contributed by atoms with van der Waals surface area (Å²) in [6, 6.07) is 2.34. The highest BCUT2D eigenvalue weighted by Gasteiger charge is 2.36. The van der Waals surface area contributed by atoms with Gasteiger partial charge in [-0.25, -0.2) is 0 Å². The van der Waals surface area contributed by atoms with Gasteiger partial charge in [0.1, 0.15) is 0 Å². The van der Waals surface area contributed by atoms with Gasteiger partial charge in [-0.3, -0.25) is 9.80 Å². The molecule has 3 nitrogen and oxygen atoms in total. The highest BCUT2D eigenvalue weighted by atomic mass is 15.3. The van der Waals surface area contributed by atoms with Crippen molar-refractivity contribution in [3.8, 4) is 0 Å². The van der Waals surface area contributed by atoms with Gasteiger partial charge in [0.15, 0.2) is 0 Å². The molecule has 0 aliphatic carbocycles. The van der Waals surface area contributed by atoms with Gasteiger partial charge in [-0.2, -0.15) is 0 Å². The zero-order chi connectivity index (χ0) is 14.7. The topological polar surface area (TPSA) is 18.5 Å². The second-order valence-corrected chi connectivity index (χ2v) is 7.70. The first-order valence-electron chi connectivity index (χ1n) is 8.65. The molecule has 0 aromatic heterocycles. The van der Waals surface area contributed by atoms with E-state index in [9.17, 15) is 0 Å². The summed E-state index contributed by atoms with van der Waals surface area (Å²) in [6.45, 7) is 14.2. The van der Waals surface area contributed by atoms with Crippen molar-refractivity contribution in [3.63, 3.8) is 0 Å². The normalized spacial score (nSPS) is 30.1. The summed E-state index contributed by atoms with van der Waals surface area (Å²) in [5, 5.41) is 3.68. The Bertz CT molecular complexity index is 290. The Morgan fingerprint density at radius 3 is 2.35 bits per heavy atom. The molecular weight excluding hydrogens is 246 g/mol. The van der Waals surface area contributed by atoms with Crippen molar-refractivity contribution in [2.24, 2.45) is 11.8 Å². The average Bonchev–Trinajstić information content (AvgIpc) is 2.60. The minimum atomic E-state index is 0.696. The molecule has 2 saturated heterocycles. The minimum absolute atomic E-state index is 0.696. The highest BCUT2D eigenvalue weighted by molar-refractivity contribution is 4.93. The van der Waals surface area contributed by atoms with E-state index in [1.165, 1.54) is 32.4 Å². The molecule has 1 N–H and O–H groups in total. The first kappa shape index (κ1) is 16.3. The lowest BCUT2D eigenvalue weighted by molar-refractivity contribution is 0.135. The maximum atomic E-state index is 3.68. The third-order valence-corrected chi connectivity index (χ3v) is 5.32. The van der Waals surface area contributed by atoms with Crippen LogP contribution in [-0.2, 0) is 0 Å². The average molecular weight is 281 g/mol. The molecule has 2 aliphatic heterocycles. The fourth-order valence-corrected chi connectivity index (χ4v) is 3.94. The maximum absolute atomic E-state index is 3.68. The van der Waals surface area contributed by atoms with Crippen LogP contribution in [0.3, 0.4) is 0 Å². The van der Waals surface area contributed by atoms with Gasteiger partial charge in [0.2, 0.25) is 0 Å². The Kier molecular flexibility index (Phi) is 5.88. The molecule has 2 rings (SSSR count). The monoisotopic (exact) mass is 281 g/mol. The molecular formula is C17H35N3. The number of hydrogen-bond donors (Lipinski definition) is 1. The minimum Gasteiger partial charge on any atom is -0.315 e. The summed E-state index contributed by atoms with van der Waals surface area (Å²) in [6.07, 6.45) is 4.19. The summed E-state index contributed by atoms with van der Waals surface area (Å²) in [5.41, 5.74) is 0. The van der Waals surface area contributed by atoms with Gasteiger partial charge in [0.05, 0.1) is 0 Å². The van der Waals surface area contributed by atoms with E-state index in [4.69, 9.17) is 0 Å². The van der Waals surface area contributed by atoms with Gasteiger partial charge in [-0.1, -0.05) is 27.7 Å². The lowest BCUT2D eigenvalue weighted by Gasteiger charge is -2.36. The van der Waals surface area contributed by atoms with E-state index in [1.807, 2.05) is 0 Å².